The molecule has 699 valence electrons. The Morgan fingerprint density at radius 3 is 1.05 bits per heavy atom. The molecule has 3 aliphatic carbocycles. The first-order valence-electron chi connectivity index (χ1n) is 45.0. The van der Waals surface area contributed by atoms with Crippen LogP contribution in [-0.4, -0.2) is 234 Å². The van der Waals surface area contributed by atoms with E-state index in [0.29, 0.717) is 88.5 Å². The van der Waals surface area contributed by atoms with Gasteiger partial charge in [-0.25, -0.2) is 48.8 Å². The van der Waals surface area contributed by atoms with E-state index >= 15 is 0 Å². The van der Waals surface area contributed by atoms with Crippen LogP contribution in [0.4, 0.5) is 0 Å². The first kappa shape index (κ1) is 103. The second kappa shape index (κ2) is 44.7. The summed E-state index contributed by atoms with van der Waals surface area (Å²) in [6.07, 6.45) is 19.5. The van der Waals surface area contributed by atoms with Crippen LogP contribution in [-0.2, 0) is 147 Å². The molecule has 3 saturated carbocycles. The van der Waals surface area contributed by atoms with Gasteiger partial charge in [0.25, 0.3) is 0 Å². The number of aromatic nitrogens is 6. The van der Waals surface area contributed by atoms with Crippen LogP contribution in [0.5, 0.6) is 34.9 Å². The monoisotopic (exact) mass is 1890 g/mol. The van der Waals surface area contributed by atoms with Crippen LogP contribution in [0.1, 0.15) is 215 Å². The number of rotatable bonds is 9. The van der Waals surface area contributed by atoms with Crippen LogP contribution < -0.4 is 28.4 Å². The van der Waals surface area contributed by atoms with Crippen molar-refractivity contribution in [3.8, 4) is 34.9 Å². The van der Waals surface area contributed by atoms with E-state index in [4.69, 9.17) is 86.7 Å². The van der Waals surface area contributed by atoms with Crippen molar-refractivity contribution < 1.29 is 156 Å². The molecule has 3 aromatic carbocycles. The van der Waals surface area contributed by atoms with Crippen molar-refractivity contribution in [1.29, 1.82) is 0 Å². The normalized spacial score (nSPS) is 29.1. The number of fused-ring (bicyclic) bond motifs is 15. The molecule has 0 spiro atoms. The van der Waals surface area contributed by atoms with E-state index in [0.717, 1.165) is 143 Å². The molecule has 6 aliphatic heterocycles. The Balaban J connectivity index is 0.000000199. The average molecular weight is 1890 g/mol. The third-order valence-electron chi connectivity index (χ3n) is 27.0. The Morgan fingerprint density at radius 2 is 0.713 bits per heavy atom. The van der Waals surface area contributed by atoms with Crippen molar-refractivity contribution >= 4 is 87.6 Å². The van der Waals surface area contributed by atoms with E-state index in [2.05, 4.69) is 0 Å². The van der Waals surface area contributed by atoms with Crippen LogP contribution in [0.25, 0.3) is 33.1 Å². The van der Waals surface area contributed by atoms with Crippen molar-refractivity contribution in [2.45, 2.75) is 289 Å². The first-order chi connectivity index (χ1) is 60.2. The molecule has 30 nitrogen and oxygen atoms in total. The van der Waals surface area contributed by atoms with Crippen LogP contribution in [0.15, 0.2) is 54.6 Å². The molecule has 129 heavy (non-hydrogen) atoms. The minimum atomic E-state index is -1.00. The molecule has 15 rings (SSSR count). The molecule has 0 N–H and O–H groups in total. The molecule has 9 aliphatic rings. The van der Waals surface area contributed by atoms with E-state index in [1.807, 2.05) is 131 Å². The predicted octanol–water partition coefficient (Wildman–Crippen LogP) is 12.6. The van der Waals surface area contributed by atoms with Gasteiger partial charge in [-0.05, 0) is 179 Å². The Labute approximate surface area is 792 Å². The van der Waals surface area contributed by atoms with Gasteiger partial charge in [-0.2, -0.15) is 0 Å². The van der Waals surface area contributed by atoms with Gasteiger partial charge in [0.2, 0.25) is 35.4 Å². The number of benzene rings is 3. The number of hydrogen-bond acceptors (Lipinski definition) is 27. The average Bonchev–Trinajstić information content (AvgIpc) is 1.64. The van der Waals surface area contributed by atoms with Crippen LogP contribution in [0.3, 0.4) is 0 Å². The number of amides is 3. The summed E-state index contributed by atoms with van der Waals surface area (Å²) >= 11 is 0. The molecule has 3 aromatic heterocycles. The van der Waals surface area contributed by atoms with Crippen molar-refractivity contribution in [3.63, 3.8) is 0 Å². The summed E-state index contributed by atoms with van der Waals surface area (Å²) in [5.41, 5.74) is 4.07. The maximum Gasteiger partial charge on any atom is 0.307 e. The minimum Gasteiger partial charge on any atom is -0.540 e. The number of aryl methyl sites for hydroxylation is 3. The van der Waals surface area contributed by atoms with Crippen LogP contribution in [0.2, 0.25) is 0 Å². The Morgan fingerprint density at radius 1 is 0.380 bits per heavy atom. The number of carbonyl (C=O) groups is 6. The summed E-state index contributed by atoms with van der Waals surface area (Å²) in [6, 6.07) is 13.6. The maximum atomic E-state index is 14.1. The van der Waals surface area contributed by atoms with E-state index in [1.54, 1.807) is 33.5 Å². The summed E-state index contributed by atoms with van der Waals surface area (Å²) < 4.78 is 70.5. The van der Waals surface area contributed by atoms with Gasteiger partial charge in [0, 0.05) is 101 Å². The number of hydrogen-bond donors (Lipinski definition) is 0. The molecule has 6 fully saturated rings. The fourth-order valence-electron chi connectivity index (χ4n) is 19.2. The number of carbonyl (C=O) groups excluding carboxylic acids is 9. The van der Waals surface area contributed by atoms with Crippen LogP contribution >= 0.6 is 0 Å². The smallest absolute Gasteiger partial charge is 0.307 e. The van der Waals surface area contributed by atoms with Gasteiger partial charge in [-0.3, -0.25) is 28.8 Å². The summed E-state index contributed by atoms with van der Waals surface area (Å²) in [4.78, 5) is 152. The standard InChI is InChI=1S/C33H44N3O7.C32H42N3O7.C31H40N3O7.3V/c1-33(2,3)22-17-29(38)42-27-13-9-11-20(27)10-7-6-8-12-24-31(35-25-16-21(40-4)14-15-23(25)34-24)43-28-18-36(32(22)39)26(19-37)30(28)41-5;1-31(2,3)21-15-27(37)42-32(4)16-19(32)10-8-7-9-11-23-29(34-24-14-20(39-5)12-13-22(24)33-23)41-26-17-35(30(21)38)25(18-36)28(26)40-6;1-31(2,3)20-15-27(36)40-25-13-18(25)9-7-6-8-10-22-29(33-23-14-19(38-4)11-12-21(23)32-22)41-26-16-34(30(20)37)24(17-35)28(26)39-5;;;/h14-16,20,22,26-28,30H,6-13,17-18H2,1-5H3;12-14,19,21,25-26,28H,7-11,15-17H2,1-6H3;11-12,14,18,20,24-26,28H,6-10,13,15-16H2,1-5H3;;;/q3*-1;;;/t20-,22-,26-,27-,28+,30+;19-,21-,25-,26+,28+,32-;18-,20-,24-,25-,26+,28+;;;/m111.../s1. The van der Waals surface area contributed by atoms with Crippen LogP contribution in [0, 0.1) is 51.8 Å². The van der Waals surface area contributed by atoms with E-state index in [9.17, 15) is 43.2 Å². The fourth-order valence-corrected chi connectivity index (χ4v) is 19.2. The van der Waals surface area contributed by atoms with E-state index in [1.165, 1.54) is 36.0 Å². The third-order valence-corrected chi connectivity index (χ3v) is 27.0. The van der Waals surface area contributed by atoms with Crippen molar-refractivity contribution in [3.05, 3.63) is 71.7 Å². The van der Waals surface area contributed by atoms with Gasteiger partial charge in [-0.15, -0.1) is 0 Å². The first-order valence-corrected chi connectivity index (χ1v) is 45.0. The Bertz CT molecular complexity index is 4930. The second-order valence-electron chi connectivity index (χ2n) is 38.8. The fraction of sp³-hybridized carbons (Fsp3) is 0.656. The number of methoxy groups -OCH3 is 6. The predicted molar refractivity (Wildman–Crippen MR) is 465 cm³/mol. The number of esters is 3. The maximum absolute atomic E-state index is 14.1. The second-order valence-corrected chi connectivity index (χ2v) is 38.8. The van der Waals surface area contributed by atoms with Crippen molar-refractivity contribution in [2.24, 2.45) is 51.8 Å². The topological polar surface area (TPSA) is 351 Å². The molecule has 3 radical (unpaired) electrons. The number of nitrogens with zero attached hydrogens (tertiary/aromatic N) is 9. The zero-order valence-corrected chi connectivity index (χ0v) is 81.5. The molecule has 3 saturated heterocycles. The van der Waals surface area contributed by atoms with Gasteiger partial charge in [-0.1, -0.05) is 101 Å². The molecule has 3 amide bonds. The zero-order chi connectivity index (χ0) is 90.3. The quantitative estimate of drug-likeness (QED) is 0.0737. The molecular formula is C96H126N9O21V3-3. The largest absolute Gasteiger partial charge is 0.540 e. The summed E-state index contributed by atoms with van der Waals surface area (Å²) in [5.74, 6) is -0.139. The molecule has 0 unspecified atom stereocenters. The van der Waals surface area contributed by atoms with Crippen molar-refractivity contribution in [1.82, 2.24) is 44.6 Å². The van der Waals surface area contributed by atoms with Gasteiger partial charge >= 0.3 is 17.9 Å². The number of ether oxygens (including phenoxy) is 12. The molecule has 9 heterocycles. The SMILES string of the molecule is COc1ccc2nc3c(nc2c1)O[C@H]1CN(C(=O)[C@H](C(C)(C)C)CC(=O)O[C@@H]2CCC[C@H]2CCCCC3)[C@H]([C-]=O)[C@@H]1OC.COc1ccc2nc3c(nc2c1)O[C@H]1CN(C(=O)[C@H](C(C)(C)C)CC(=O)O[C@@H]2C[C@H]2CCCCC3)[C@H]([C-]=O)[C@@H]1OC.COc1ccc2nc3c(nc2c1)O[C@H]1CN(C(=O)[C@H](C(C)(C)C)CC(=O)O[C@]2(C)C[C@H]2CCCCC3)[C@H]([C-]=O)[C@@H]1OC.[V].[V].[V]. The Kier molecular flexibility index (Phi) is 35.7. The van der Waals surface area contributed by atoms with E-state index in [-0.39, 0.29) is 142 Å². The Hall–Kier alpha value is -8.06. The molecule has 18 atom stereocenters. The van der Waals surface area contributed by atoms with Crippen molar-refractivity contribution in [2.75, 3.05) is 62.3 Å². The summed E-state index contributed by atoms with van der Waals surface area (Å²) in [7, 11) is 9.24. The zero-order valence-electron chi connectivity index (χ0n) is 77.3. The van der Waals surface area contributed by atoms with Gasteiger partial charge in [0.1, 0.15) is 70.5 Å². The molecular weight excluding hydrogens is 1770 g/mol. The van der Waals surface area contributed by atoms with Gasteiger partial charge < -0.3 is 85.9 Å². The minimum absolute atomic E-state index is 0. The molecule has 6 aromatic rings. The van der Waals surface area contributed by atoms with Gasteiger partial charge in [0.15, 0.2) is 0 Å². The molecule has 6 bridgehead atoms. The third kappa shape index (κ3) is 24.5. The summed E-state index contributed by atoms with van der Waals surface area (Å²) in [6.45, 7) is 19.5. The molecule has 33 heteroatoms. The van der Waals surface area contributed by atoms with Gasteiger partial charge in [0.05, 0.1) is 129 Å². The van der Waals surface area contributed by atoms with E-state index < -0.39 is 94.3 Å². The summed E-state index contributed by atoms with van der Waals surface area (Å²) in [5, 5.41) is 0.